The molecule has 0 saturated carbocycles. The number of nitrogens with two attached hydrogens (primary N) is 1. The van der Waals surface area contributed by atoms with Crippen LogP contribution in [0.1, 0.15) is 55.5 Å². The summed E-state index contributed by atoms with van der Waals surface area (Å²) in [5, 5.41) is 0. The first-order chi connectivity index (χ1) is 7.73. The lowest BCUT2D eigenvalue weighted by Gasteiger charge is -2.19. The summed E-state index contributed by atoms with van der Waals surface area (Å²) in [4.78, 5) is 0. The van der Waals surface area contributed by atoms with Crippen molar-refractivity contribution in [3.8, 4) is 0 Å². The second-order valence-corrected chi connectivity index (χ2v) is 4.25. The first-order valence-corrected chi connectivity index (χ1v) is 6.58. The SMILES string of the molecule is CCc1cc(CN)c(CC)c(CC)c1CC. The van der Waals surface area contributed by atoms with Gasteiger partial charge in [0.2, 0.25) is 0 Å². The zero-order chi connectivity index (χ0) is 12.1. The average molecular weight is 219 g/mol. The Labute approximate surface area is 100 Å². The van der Waals surface area contributed by atoms with E-state index in [2.05, 4.69) is 33.8 Å². The number of aryl methyl sites for hydroxylation is 1. The molecule has 0 unspecified atom stereocenters. The Kier molecular flexibility index (Phi) is 5.01. The minimum atomic E-state index is 0.674. The fourth-order valence-corrected chi connectivity index (χ4v) is 2.76. The molecule has 0 radical (unpaired) electrons. The molecule has 0 aromatic heterocycles. The van der Waals surface area contributed by atoms with Gasteiger partial charge < -0.3 is 5.73 Å². The molecular weight excluding hydrogens is 194 g/mol. The lowest BCUT2D eigenvalue weighted by atomic mass is 9.87. The van der Waals surface area contributed by atoms with Gasteiger partial charge in [0.05, 0.1) is 0 Å². The van der Waals surface area contributed by atoms with Gasteiger partial charge in [0.1, 0.15) is 0 Å². The van der Waals surface area contributed by atoms with Crippen molar-refractivity contribution in [1.29, 1.82) is 0 Å². The summed E-state index contributed by atoms with van der Waals surface area (Å²) in [6.45, 7) is 9.66. The van der Waals surface area contributed by atoms with Crippen LogP contribution in [0.5, 0.6) is 0 Å². The highest BCUT2D eigenvalue weighted by molar-refractivity contribution is 5.46. The molecule has 90 valence electrons. The van der Waals surface area contributed by atoms with E-state index < -0.39 is 0 Å². The first-order valence-electron chi connectivity index (χ1n) is 6.58. The lowest BCUT2D eigenvalue weighted by molar-refractivity contribution is 0.905. The Morgan fingerprint density at radius 1 is 0.750 bits per heavy atom. The van der Waals surface area contributed by atoms with Crippen LogP contribution >= 0.6 is 0 Å². The molecule has 0 saturated heterocycles. The summed E-state index contributed by atoms with van der Waals surface area (Å²) in [5.74, 6) is 0. The van der Waals surface area contributed by atoms with Gasteiger partial charge in [-0.3, -0.25) is 0 Å². The highest BCUT2D eigenvalue weighted by Crippen LogP contribution is 2.25. The molecule has 0 fully saturated rings. The summed E-state index contributed by atoms with van der Waals surface area (Å²) in [6.07, 6.45) is 4.50. The van der Waals surface area contributed by atoms with Gasteiger partial charge in [0, 0.05) is 6.54 Å². The fraction of sp³-hybridized carbons (Fsp3) is 0.600. The zero-order valence-corrected chi connectivity index (χ0v) is 11.2. The maximum absolute atomic E-state index is 5.86. The summed E-state index contributed by atoms with van der Waals surface area (Å²) >= 11 is 0. The highest BCUT2D eigenvalue weighted by atomic mass is 14.5. The molecule has 1 nitrogen and oxygen atoms in total. The van der Waals surface area contributed by atoms with E-state index in [9.17, 15) is 0 Å². The maximum atomic E-state index is 5.86. The molecule has 2 N–H and O–H groups in total. The van der Waals surface area contributed by atoms with Crippen LogP contribution in [-0.4, -0.2) is 0 Å². The summed E-state index contributed by atoms with van der Waals surface area (Å²) in [6, 6.07) is 2.33. The third-order valence-corrected chi connectivity index (χ3v) is 3.51. The topological polar surface area (TPSA) is 26.0 Å². The van der Waals surface area contributed by atoms with Crippen molar-refractivity contribution in [2.45, 2.75) is 59.9 Å². The molecule has 0 aliphatic carbocycles. The molecule has 0 amide bonds. The van der Waals surface area contributed by atoms with E-state index in [4.69, 9.17) is 5.73 Å². The largest absolute Gasteiger partial charge is 0.326 e. The fourth-order valence-electron chi connectivity index (χ4n) is 2.76. The lowest BCUT2D eigenvalue weighted by Crippen LogP contribution is -2.09. The van der Waals surface area contributed by atoms with Crippen LogP contribution in [-0.2, 0) is 32.2 Å². The normalized spacial score (nSPS) is 10.8. The van der Waals surface area contributed by atoms with E-state index in [1.807, 2.05) is 0 Å². The van der Waals surface area contributed by atoms with Crippen LogP contribution in [0, 0.1) is 0 Å². The maximum Gasteiger partial charge on any atom is 0.0181 e. The van der Waals surface area contributed by atoms with Gasteiger partial charge in [0.25, 0.3) is 0 Å². The molecule has 1 aromatic rings. The summed E-state index contributed by atoms with van der Waals surface area (Å²) in [5.41, 5.74) is 13.3. The van der Waals surface area contributed by atoms with Crippen LogP contribution in [0.25, 0.3) is 0 Å². The molecular formula is C15H25N. The van der Waals surface area contributed by atoms with E-state index in [0.29, 0.717) is 6.54 Å². The first kappa shape index (κ1) is 13.2. The minimum Gasteiger partial charge on any atom is -0.326 e. The number of hydrogen-bond acceptors (Lipinski definition) is 1. The predicted molar refractivity (Wildman–Crippen MR) is 71.8 cm³/mol. The molecule has 0 aliphatic heterocycles. The monoisotopic (exact) mass is 219 g/mol. The van der Waals surface area contributed by atoms with Crippen molar-refractivity contribution in [3.05, 3.63) is 33.9 Å². The number of hydrogen-bond donors (Lipinski definition) is 1. The highest BCUT2D eigenvalue weighted by Gasteiger charge is 2.12. The van der Waals surface area contributed by atoms with E-state index in [1.54, 1.807) is 11.1 Å². The molecule has 1 heteroatoms. The van der Waals surface area contributed by atoms with E-state index in [0.717, 1.165) is 25.7 Å². The van der Waals surface area contributed by atoms with Crippen LogP contribution < -0.4 is 5.73 Å². The van der Waals surface area contributed by atoms with Crippen molar-refractivity contribution < 1.29 is 0 Å². The Bertz CT molecular complexity index is 323. The second-order valence-electron chi connectivity index (χ2n) is 4.25. The van der Waals surface area contributed by atoms with Crippen LogP contribution in [0.2, 0.25) is 0 Å². The Balaban J connectivity index is 3.47. The van der Waals surface area contributed by atoms with Gasteiger partial charge in [-0.1, -0.05) is 33.8 Å². The Hall–Kier alpha value is -0.820. The third kappa shape index (κ3) is 2.30. The predicted octanol–water partition coefficient (Wildman–Crippen LogP) is 3.39. The number of benzene rings is 1. The van der Waals surface area contributed by atoms with E-state index >= 15 is 0 Å². The van der Waals surface area contributed by atoms with E-state index in [-0.39, 0.29) is 0 Å². The third-order valence-electron chi connectivity index (χ3n) is 3.51. The van der Waals surface area contributed by atoms with Crippen LogP contribution in [0.15, 0.2) is 6.07 Å². The Morgan fingerprint density at radius 3 is 1.62 bits per heavy atom. The quantitative estimate of drug-likeness (QED) is 0.807. The zero-order valence-electron chi connectivity index (χ0n) is 11.2. The molecule has 0 bridgehead atoms. The molecule has 0 heterocycles. The van der Waals surface area contributed by atoms with Gasteiger partial charge in [-0.15, -0.1) is 0 Å². The minimum absolute atomic E-state index is 0.674. The Morgan fingerprint density at radius 2 is 1.25 bits per heavy atom. The van der Waals surface area contributed by atoms with Gasteiger partial charge >= 0.3 is 0 Å². The van der Waals surface area contributed by atoms with Crippen molar-refractivity contribution >= 4 is 0 Å². The van der Waals surface area contributed by atoms with Gasteiger partial charge in [-0.05, 0) is 53.5 Å². The van der Waals surface area contributed by atoms with E-state index in [1.165, 1.54) is 16.7 Å². The molecule has 1 aromatic carbocycles. The molecule has 0 spiro atoms. The van der Waals surface area contributed by atoms with Crippen molar-refractivity contribution in [2.75, 3.05) is 0 Å². The average Bonchev–Trinajstić information content (AvgIpc) is 2.35. The summed E-state index contributed by atoms with van der Waals surface area (Å²) in [7, 11) is 0. The second kappa shape index (κ2) is 6.05. The standard InChI is InChI=1S/C15H25N/c1-5-11-9-12(10-16)14(7-3)15(8-4)13(11)6-2/h9H,5-8,10,16H2,1-4H3. The summed E-state index contributed by atoms with van der Waals surface area (Å²) < 4.78 is 0. The molecule has 0 atom stereocenters. The van der Waals surface area contributed by atoms with Crippen molar-refractivity contribution in [3.63, 3.8) is 0 Å². The number of rotatable bonds is 5. The van der Waals surface area contributed by atoms with Crippen LogP contribution in [0.4, 0.5) is 0 Å². The smallest absolute Gasteiger partial charge is 0.0181 e. The molecule has 0 aliphatic rings. The van der Waals surface area contributed by atoms with Crippen molar-refractivity contribution in [2.24, 2.45) is 5.73 Å². The molecule has 16 heavy (non-hydrogen) atoms. The van der Waals surface area contributed by atoms with Crippen molar-refractivity contribution in [1.82, 2.24) is 0 Å². The van der Waals surface area contributed by atoms with Gasteiger partial charge in [-0.2, -0.15) is 0 Å². The van der Waals surface area contributed by atoms with Gasteiger partial charge in [0.15, 0.2) is 0 Å². The van der Waals surface area contributed by atoms with Gasteiger partial charge in [-0.25, -0.2) is 0 Å². The van der Waals surface area contributed by atoms with Crippen LogP contribution in [0.3, 0.4) is 0 Å². The molecule has 1 rings (SSSR count).